The zero-order chi connectivity index (χ0) is 29.6. The third kappa shape index (κ3) is 2.88. The van der Waals surface area contributed by atoms with E-state index in [0.29, 0.717) is 0 Å². The van der Waals surface area contributed by atoms with Crippen molar-refractivity contribution in [3.05, 3.63) is 126 Å². The van der Waals surface area contributed by atoms with Crippen molar-refractivity contribution in [1.82, 2.24) is 4.40 Å². The standard InChI is InChI=1S/C41H29N3O/c1-41(2)29-11-5-3-9-24(29)25-17-15-23(20-30(25)41)22-16-18-33-27(19-22)37-36-26-10-4-8-14-34(26)45-35(36)21-28-38-40(44(33)39(28)37)43-32-13-7-6-12-31(32)42-38/h3-21,31-32,42-43H,1-2H3. The molecule has 0 saturated heterocycles. The highest BCUT2D eigenvalue weighted by atomic mass is 16.3. The van der Waals surface area contributed by atoms with Crippen molar-refractivity contribution < 1.29 is 4.42 Å². The normalized spacial score (nSPS) is 19.2. The van der Waals surface area contributed by atoms with E-state index < -0.39 is 0 Å². The number of hydrogen-bond acceptors (Lipinski definition) is 3. The van der Waals surface area contributed by atoms with Crippen LogP contribution >= 0.6 is 0 Å². The molecule has 4 nitrogen and oxygen atoms in total. The van der Waals surface area contributed by atoms with E-state index in [0.717, 1.165) is 28.1 Å². The Bertz CT molecular complexity index is 2650. The van der Waals surface area contributed by atoms with Crippen molar-refractivity contribution in [3.63, 3.8) is 0 Å². The summed E-state index contributed by atoms with van der Waals surface area (Å²) in [5, 5.41) is 13.8. The number of aromatic nitrogens is 1. The van der Waals surface area contributed by atoms with Gasteiger partial charge in [-0.2, -0.15) is 0 Å². The molecule has 0 bridgehead atoms. The Hall–Kier alpha value is -5.48. The predicted molar refractivity (Wildman–Crippen MR) is 187 cm³/mol. The second-order valence-corrected chi connectivity index (χ2v) is 13.5. The number of anilines is 2. The summed E-state index contributed by atoms with van der Waals surface area (Å²) in [6, 6.07) is 34.0. The highest BCUT2D eigenvalue weighted by Gasteiger charge is 2.36. The fraction of sp³-hybridized carbons (Fsp3) is 0.122. The van der Waals surface area contributed by atoms with Gasteiger partial charge in [-0.3, -0.25) is 4.40 Å². The number of furan rings is 1. The number of rotatable bonds is 1. The number of nitrogens with zero attached hydrogens (tertiary/aromatic N) is 1. The Kier molecular flexibility index (Phi) is 4.23. The monoisotopic (exact) mass is 579 g/mol. The van der Waals surface area contributed by atoms with Crippen molar-refractivity contribution in [1.29, 1.82) is 0 Å². The van der Waals surface area contributed by atoms with Gasteiger partial charge in [-0.15, -0.1) is 0 Å². The van der Waals surface area contributed by atoms with Crippen molar-refractivity contribution in [3.8, 4) is 22.3 Å². The molecule has 0 saturated carbocycles. The molecular weight excluding hydrogens is 550 g/mol. The van der Waals surface area contributed by atoms with E-state index in [4.69, 9.17) is 4.42 Å². The van der Waals surface area contributed by atoms with Crippen LogP contribution in [0, 0.1) is 0 Å². The lowest BCUT2D eigenvalue weighted by Crippen LogP contribution is -2.41. The summed E-state index contributed by atoms with van der Waals surface area (Å²) < 4.78 is 8.99. The molecule has 1 aliphatic heterocycles. The number of benzene rings is 5. The minimum atomic E-state index is -0.0389. The van der Waals surface area contributed by atoms with Crippen molar-refractivity contribution in [2.45, 2.75) is 31.3 Å². The summed E-state index contributed by atoms with van der Waals surface area (Å²) in [6.07, 6.45) is 8.75. The minimum absolute atomic E-state index is 0.0389. The van der Waals surface area contributed by atoms with Crippen LogP contribution in [-0.2, 0) is 5.41 Å². The van der Waals surface area contributed by atoms with Crippen LogP contribution in [0.15, 0.2) is 120 Å². The van der Waals surface area contributed by atoms with Crippen LogP contribution in [0.5, 0.6) is 0 Å². The fourth-order valence-corrected chi connectivity index (χ4v) is 8.64. The Labute approximate surface area is 259 Å². The van der Waals surface area contributed by atoms with Gasteiger partial charge in [0.2, 0.25) is 0 Å². The first-order valence-electron chi connectivity index (χ1n) is 15.9. The lowest BCUT2D eigenvalue weighted by atomic mass is 9.81. The Morgan fingerprint density at radius 1 is 0.644 bits per heavy atom. The van der Waals surface area contributed by atoms with Crippen LogP contribution < -0.4 is 10.6 Å². The van der Waals surface area contributed by atoms with Crippen LogP contribution in [-0.4, -0.2) is 16.5 Å². The van der Waals surface area contributed by atoms with Gasteiger partial charge in [-0.25, -0.2) is 0 Å². The first-order valence-corrected chi connectivity index (χ1v) is 15.9. The molecule has 4 heteroatoms. The van der Waals surface area contributed by atoms with E-state index in [1.807, 2.05) is 0 Å². The third-order valence-electron chi connectivity index (χ3n) is 10.8. The molecule has 0 fully saturated rings. The number of nitrogens with one attached hydrogen (secondary N) is 2. The zero-order valence-corrected chi connectivity index (χ0v) is 25.0. The molecule has 2 N–H and O–H groups in total. The van der Waals surface area contributed by atoms with Gasteiger partial charge in [0.05, 0.1) is 28.8 Å². The van der Waals surface area contributed by atoms with Crippen LogP contribution in [0.1, 0.15) is 25.0 Å². The molecule has 214 valence electrons. The predicted octanol–water partition coefficient (Wildman–Crippen LogP) is 10.3. The number of hydrogen-bond donors (Lipinski definition) is 2. The van der Waals surface area contributed by atoms with Crippen LogP contribution in [0.25, 0.3) is 71.4 Å². The van der Waals surface area contributed by atoms with Gasteiger partial charge >= 0.3 is 0 Å². The van der Waals surface area contributed by atoms with Crippen molar-refractivity contribution >= 4 is 60.6 Å². The molecule has 0 amide bonds. The zero-order valence-electron chi connectivity index (χ0n) is 25.0. The topological polar surface area (TPSA) is 41.6 Å². The quantitative estimate of drug-likeness (QED) is 0.203. The van der Waals surface area contributed by atoms with Crippen molar-refractivity contribution in [2.24, 2.45) is 0 Å². The van der Waals surface area contributed by atoms with Gasteiger partial charge in [-0.05, 0) is 63.7 Å². The first-order chi connectivity index (χ1) is 22.1. The molecule has 2 aliphatic carbocycles. The number of allylic oxidation sites excluding steroid dienone is 2. The number of para-hydroxylation sites is 1. The molecule has 0 radical (unpaired) electrons. The Balaban J connectivity index is 1.21. The van der Waals surface area contributed by atoms with Crippen LogP contribution in [0.3, 0.4) is 0 Å². The molecule has 3 aromatic heterocycles. The summed E-state index contributed by atoms with van der Waals surface area (Å²) in [5.74, 6) is 1.12. The summed E-state index contributed by atoms with van der Waals surface area (Å²) in [5.41, 5.74) is 13.4. The van der Waals surface area contributed by atoms with E-state index in [-0.39, 0.29) is 17.5 Å². The van der Waals surface area contributed by atoms with Gasteiger partial charge < -0.3 is 15.1 Å². The summed E-state index contributed by atoms with van der Waals surface area (Å²) in [6.45, 7) is 4.70. The summed E-state index contributed by atoms with van der Waals surface area (Å²) >= 11 is 0. The third-order valence-corrected chi connectivity index (χ3v) is 10.8. The molecular formula is C41H29N3O. The highest BCUT2D eigenvalue weighted by Crippen LogP contribution is 2.52. The van der Waals surface area contributed by atoms with E-state index in [1.54, 1.807) is 0 Å². The maximum Gasteiger partial charge on any atom is 0.136 e. The molecule has 3 aliphatic rings. The maximum atomic E-state index is 6.54. The highest BCUT2D eigenvalue weighted by molar-refractivity contribution is 6.33. The fourth-order valence-electron chi connectivity index (χ4n) is 8.64. The lowest BCUT2D eigenvalue weighted by Gasteiger charge is -2.33. The first kappa shape index (κ1) is 23.9. The van der Waals surface area contributed by atoms with E-state index in [9.17, 15) is 0 Å². The molecule has 0 spiro atoms. The average Bonchev–Trinajstić information content (AvgIpc) is 3.77. The van der Waals surface area contributed by atoms with Gasteiger partial charge in [0.1, 0.15) is 17.0 Å². The SMILES string of the molecule is CC1(C)c2ccccc2-c2ccc(-c3ccc4c(c3)c3c5c(cc6c7c(n4c63)NC3C=CC=CC3N7)oc3ccccc35)cc21. The smallest absolute Gasteiger partial charge is 0.136 e. The lowest BCUT2D eigenvalue weighted by molar-refractivity contribution is 0.660. The second kappa shape index (κ2) is 7.96. The molecule has 11 rings (SSSR count). The number of fused-ring (bicyclic) bond motifs is 14. The van der Waals surface area contributed by atoms with E-state index in [2.05, 4.69) is 144 Å². The van der Waals surface area contributed by atoms with Gasteiger partial charge in [-0.1, -0.05) is 98.8 Å². The second-order valence-electron chi connectivity index (χ2n) is 13.5. The van der Waals surface area contributed by atoms with E-state index in [1.165, 1.54) is 66.0 Å². The van der Waals surface area contributed by atoms with E-state index >= 15 is 0 Å². The van der Waals surface area contributed by atoms with Crippen molar-refractivity contribution in [2.75, 3.05) is 10.6 Å². The van der Waals surface area contributed by atoms with Crippen LogP contribution in [0.2, 0.25) is 0 Å². The van der Waals surface area contributed by atoms with Gasteiger partial charge in [0.25, 0.3) is 0 Å². The molecule has 5 aromatic carbocycles. The largest absolute Gasteiger partial charge is 0.456 e. The maximum absolute atomic E-state index is 6.54. The van der Waals surface area contributed by atoms with Gasteiger partial charge in [0, 0.05) is 32.3 Å². The van der Waals surface area contributed by atoms with Crippen LogP contribution in [0.4, 0.5) is 11.5 Å². The molecule has 4 heterocycles. The summed E-state index contributed by atoms with van der Waals surface area (Å²) in [7, 11) is 0. The average molecular weight is 580 g/mol. The molecule has 8 aromatic rings. The Morgan fingerprint density at radius 3 is 2.31 bits per heavy atom. The molecule has 2 unspecified atom stereocenters. The molecule has 45 heavy (non-hydrogen) atoms. The Morgan fingerprint density at radius 2 is 1.40 bits per heavy atom. The summed E-state index contributed by atoms with van der Waals surface area (Å²) in [4.78, 5) is 0. The minimum Gasteiger partial charge on any atom is -0.456 e. The molecule has 2 atom stereocenters. The van der Waals surface area contributed by atoms with Gasteiger partial charge in [0.15, 0.2) is 0 Å².